The minimum atomic E-state index is -0.00321. The molecule has 2 aromatic carbocycles. The van der Waals surface area contributed by atoms with Crippen LogP contribution in [0.15, 0.2) is 60.8 Å². The third kappa shape index (κ3) is 3.11. The Morgan fingerprint density at radius 2 is 1.64 bits per heavy atom. The highest BCUT2D eigenvalue weighted by Crippen LogP contribution is 2.18. The fourth-order valence-electron chi connectivity index (χ4n) is 3.96. The Morgan fingerprint density at radius 1 is 0.960 bits per heavy atom. The average Bonchev–Trinajstić information content (AvgIpc) is 3.12. The third-order valence-electron chi connectivity index (χ3n) is 5.54. The number of piperazine rings is 1. The molecule has 1 saturated heterocycles. The third-order valence-corrected chi connectivity index (χ3v) is 5.54. The van der Waals surface area contributed by atoms with Gasteiger partial charge in [0.25, 0.3) is 0 Å². The first-order valence-electron chi connectivity index (χ1n) is 9.09. The average molecular weight is 335 g/mol. The van der Waals surface area contributed by atoms with Gasteiger partial charge in [-0.1, -0.05) is 36.4 Å². The van der Waals surface area contributed by atoms with E-state index in [1.54, 1.807) is 0 Å². The Bertz CT molecular complexity index is 863. The van der Waals surface area contributed by atoms with Crippen LogP contribution in [0.1, 0.15) is 17.3 Å². The molecule has 0 spiro atoms. The predicted octanol–water partition coefficient (Wildman–Crippen LogP) is 0.854. The number of Topliss-reactive ketones (excluding diaryl/α,β-unsaturated/α-hetero) is 1. The van der Waals surface area contributed by atoms with Gasteiger partial charge in [0.1, 0.15) is 37.9 Å². The Morgan fingerprint density at radius 3 is 2.40 bits per heavy atom. The van der Waals surface area contributed by atoms with Crippen LogP contribution in [0.4, 0.5) is 5.69 Å². The summed E-state index contributed by atoms with van der Waals surface area (Å²) in [6.07, 6.45) is 1.87. The smallest absolute Gasteiger partial charge is 0.221 e. The number of hydrogen-bond donors (Lipinski definition) is 3. The molecule has 0 amide bonds. The maximum absolute atomic E-state index is 13.0. The first-order valence-corrected chi connectivity index (χ1v) is 9.09. The molecule has 2 heterocycles. The van der Waals surface area contributed by atoms with Crippen LogP contribution in [0.5, 0.6) is 0 Å². The van der Waals surface area contributed by atoms with Gasteiger partial charge in [-0.25, -0.2) is 0 Å². The Balaban J connectivity index is 1.45. The molecular weight excluding hydrogens is 310 g/mol. The Hall–Kier alpha value is -2.43. The molecule has 0 radical (unpaired) electrons. The highest BCUT2D eigenvalue weighted by Gasteiger charge is 2.32. The van der Waals surface area contributed by atoms with Gasteiger partial charge in [-0.3, -0.25) is 9.69 Å². The summed E-state index contributed by atoms with van der Waals surface area (Å²) in [5.74, 6) is 0.246. The second kappa shape index (κ2) is 6.82. The van der Waals surface area contributed by atoms with Gasteiger partial charge in [-0.2, -0.15) is 0 Å². The van der Waals surface area contributed by atoms with Crippen molar-refractivity contribution in [2.45, 2.75) is 13.0 Å². The van der Waals surface area contributed by atoms with Crippen molar-refractivity contribution >= 4 is 22.4 Å². The lowest BCUT2D eigenvalue weighted by Gasteiger charge is -2.32. The fourth-order valence-corrected chi connectivity index (χ4v) is 3.96. The summed E-state index contributed by atoms with van der Waals surface area (Å²) < 4.78 is 0. The summed E-state index contributed by atoms with van der Waals surface area (Å²) in [6, 6.07) is 18.7. The number of carbonyl (C=O) groups is 1. The zero-order valence-electron chi connectivity index (χ0n) is 14.6. The molecule has 0 unspecified atom stereocenters. The van der Waals surface area contributed by atoms with Crippen molar-refractivity contribution in [2.75, 3.05) is 26.2 Å². The van der Waals surface area contributed by atoms with Gasteiger partial charge in [0, 0.05) is 22.7 Å². The topological polar surface area (TPSA) is 41.7 Å². The van der Waals surface area contributed by atoms with Gasteiger partial charge in [0.2, 0.25) is 5.78 Å². The highest BCUT2D eigenvalue weighted by molar-refractivity contribution is 6.09. The molecular formula is C21H25N3O+2. The minimum absolute atomic E-state index is 0.00321. The molecule has 1 aromatic heterocycles. The van der Waals surface area contributed by atoms with Gasteiger partial charge in [0.15, 0.2) is 0 Å². The number of para-hydroxylation sites is 2. The van der Waals surface area contributed by atoms with Gasteiger partial charge in [-0.15, -0.1) is 0 Å². The largest absolute Gasteiger partial charge is 0.360 e. The molecule has 3 aromatic rings. The number of rotatable bonds is 4. The fraction of sp³-hybridized carbons (Fsp3) is 0.286. The van der Waals surface area contributed by atoms with E-state index in [-0.39, 0.29) is 11.8 Å². The van der Waals surface area contributed by atoms with Crippen molar-refractivity contribution in [3.63, 3.8) is 0 Å². The van der Waals surface area contributed by atoms with Gasteiger partial charge < -0.3 is 9.88 Å². The molecule has 0 aliphatic carbocycles. The molecule has 1 aliphatic rings. The molecule has 4 rings (SSSR count). The van der Waals surface area contributed by atoms with Crippen molar-refractivity contribution in [3.8, 4) is 0 Å². The molecule has 128 valence electrons. The number of quaternary nitrogens is 2. The number of ketones is 1. The lowest BCUT2D eigenvalue weighted by molar-refractivity contribution is -0.994. The van der Waals surface area contributed by atoms with Crippen molar-refractivity contribution in [3.05, 3.63) is 66.4 Å². The molecule has 1 aliphatic heterocycles. The summed E-state index contributed by atoms with van der Waals surface area (Å²) in [5.41, 5.74) is 3.22. The van der Waals surface area contributed by atoms with Crippen molar-refractivity contribution < 1.29 is 14.6 Å². The number of carbonyl (C=O) groups excluding carboxylic acids is 1. The molecule has 25 heavy (non-hydrogen) atoms. The lowest BCUT2D eigenvalue weighted by Crippen LogP contribution is -3.28. The molecule has 1 fully saturated rings. The SMILES string of the molecule is C[C@@H](C(=O)c1c[nH]c2ccccc12)[NH+]1CC[NH+](c2ccccc2)CC1. The monoisotopic (exact) mass is 335 g/mol. The van der Waals surface area contributed by atoms with E-state index in [0.29, 0.717) is 0 Å². The van der Waals surface area contributed by atoms with Gasteiger partial charge in [0.05, 0.1) is 0 Å². The Labute approximate surface area is 148 Å². The molecule has 4 nitrogen and oxygen atoms in total. The number of aromatic amines is 1. The van der Waals surface area contributed by atoms with Crippen molar-refractivity contribution in [1.29, 1.82) is 0 Å². The molecule has 0 bridgehead atoms. The summed E-state index contributed by atoms with van der Waals surface area (Å²) in [4.78, 5) is 19.2. The van der Waals surface area contributed by atoms with Crippen LogP contribution in [0.25, 0.3) is 10.9 Å². The lowest BCUT2D eigenvalue weighted by atomic mass is 10.0. The summed E-state index contributed by atoms with van der Waals surface area (Å²) >= 11 is 0. The first kappa shape index (κ1) is 16.1. The van der Waals surface area contributed by atoms with E-state index in [4.69, 9.17) is 0 Å². The van der Waals surface area contributed by atoms with E-state index in [9.17, 15) is 4.79 Å². The summed E-state index contributed by atoms with van der Waals surface area (Å²) in [6.45, 7) is 6.28. The van der Waals surface area contributed by atoms with Crippen LogP contribution in [0.3, 0.4) is 0 Å². The molecule has 0 saturated carbocycles. The number of hydrogen-bond acceptors (Lipinski definition) is 1. The van der Waals surface area contributed by atoms with E-state index in [1.165, 1.54) is 15.5 Å². The maximum Gasteiger partial charge on any atom is 0.221 e. The number of fused-ring (bicyclic) bond motifs is 1. The van der Waals surface area contributed by atoms with Gasteiger partial charge >= 0.3 is 0 Å². The minimum Gasteiger partial charge on any atom is -0.360 e. The predicted molar refractivity (Wildman–Crippen MR) is 99.6 cm³/mol. The summed E-state index contributed by atoms with van der Waals surface area (Å²) in [5, 5.41) is 1.03. The van der Waals surface area contributed by atoms with Crippen LogP contribution in [0, 0.1) is 0 Å². The van der Waals surface area contributed by atoms with E-state index >= 15 is 0 Å². The number of H-pyrrole nitrogens is 1. The van der Waals surface area contributed by atoms with Crippen molar-refractivity contribution in [2.24, 2.45) is 0 Å². The van der Waals surface area contributed by atoms with Crippen LogP contribution in [-0.4, -0.2) is 43.0 Å². The standard InChI is InChI=1S/C21H23N3O/c1-16(21(25)19-15-22-20-10-6-5-9-18(19)20)23-11-13-24(14-12-23)17-7-3-2-4-8-17/h2-10,15-16,22H,11-14H2,1H3/p+2/t16-/m0/s1. The number of nitrogens with one attached hydrogen (secondary N) is 3. The highest BCUT2D eigenvalue weighted by atomic mass is 16.1. The normalized spacial score (nSPS) is 22.0. The zero-order chi connectivity index (χ0) is 17.2. The zero-order valence-corrected chi connectivity index (χ0v) is 14.6. The van der Waals surface area contributed by atoms with Crippen LogP contribution in [0.2, 0.25) is 0 Å². The van der Waals surface area contributed by atoms with Crippen molar-refractivity contribution in [1.82, 2.24) is 4.98 Å². The second-order valence-corrected chi connectivity index (χ2v) is 6.96. The maximum atomic E-state index is 13.0. The number of aromatic nitrogens is 1. The first-order chi connectivity index (χ1) is 12.2. The molecule has 1 atom stereocenters. The number of benzene rings is 2. The van der Waals surface area contributed by atoms with Crippen LogP contribution in [-0.2, 0) is 0 Å². The van der Waals surface area contributed by atoms with Crippen LogP contribution >= 0.6 is 0 Å². The molecule has 4 heteroatoms. The van der Waals surface area contributed by atoms with E-state index in [0.717, 1.165) is 42.6 Å². The quantitative estimate of drug-likeness (QED) is 0.608. The van der Waals surface area contributed by atoms with E-state index in [1.807, 2.05) is 30.5 Å². The van der Waals surface area contributed by atoms with Crippen LogP contribution < -0.4 is 9.80 Å². The Kier molecular flexibility index (Phi) is 4.38. The molecule has 3 N–H and O–H groups in total. The van der Waals surface area contributed by atoms with E-state index in [2.05, 4.69) is 42.2 Å². The second-order valence-electron chi connectivity index (χ2n) is 6.96. The van der Waals surface area contributed by atoms with Gasteiger partial charge in [-0.05, 0) is 25.1 Å². The van der Waals surface area contributed by atoms with E-state index < -0.39 is 0 Å². The summed E-state index contributed by atoms with van der Waals surface area (Å²) in [7, 11) is 0.